The van der Waals surface area contributed by atoms with Crippen molar-refractivity contribution in [3.05, 3.63) is 35.4 Å². The Morgan fingerprint density at radius 2 is 1.36 bits per heavy atom. The number of hydrogen-bond donors (Lipinski definition) is 0. The van der Waals surface area contributed by atoms with Gasteiger partial charge >= 0.3 is 11.9 Å². The van der Waals surface area contributed by atoms with Crippen LogP contribution in [0.2, 0.25) is 0 Å². The molecule has 0 fully saturated rings. The van der Waals surface area contributed by atoms with Crippen molar-refractivity contribution in [3.63, 3.8) is 0 Å². The van der Waals surface area contributed by atoms with Gasteiger partial charge in [-0.1, -0.05) is 52.7 Å². The van der Waals surface area contributed by atoms with Crippen LogP contribution in [-0.2, 0) is 19.1 Å². The quantitative estimate of drug-likeness (QED) is 0.217. The number of methoxy groups -OCH3 is 1. The van der Waals surface area contributed by atoms with Crippen molar-refractivity contribution >= 4 is 18.0 Å². The average molecular weight is 391 g/mol. The zero-order valence-corrected chi connectivity index (χ0v) is 17.8. The van der Waals surface area contributed by atoms with Gasteiger partial charge in [0.15, 0.2) is 0 Å². The molecule has 0 saturated carbocycles. The standard InChI is InChI=1S/C23H34O5/c1-6-17(3)12-14-27-22(24)21(23(25)28-15-13-18(4)7-2)16-19-8-10-20(26-5)11-9-19/h8-11,16-18H,6-7,12-15H2,1-5H3. The fraction of sp³-hybridized carbons (Fsp3) is 0.565. The molecule has 1 aromatic rings. The largest absolute Gasteiger partial charge is 0.497 e. The van der Waals surface area contributed by atoms with Crippen molar-refractivity contribution in [3.8, 4) is 5.75 Å². The second-order valence-electron chi connectivity index (χ2n) is 7.21. The summed E-state index contributed by atoms with van der Waals surface area (Å²) < 4.78 is 15.8. The summed E-state index contributed by atoms with van der Waals surface area (Å²) in [5.41, 5.74) is 0.618. The lowest BCUT2D eigenvalue weighted by atomic mass is 10.1. The third-order valence-corrected chi connectivity index (χ3v) is 4.95. The number of rotatable bonds is 12. The fourth-order valence-electron chi connectivity index (χ4n) is 2.34. The van der Waals surface area contributed by atoms with Gasteiger partial charge in [-0.05, 0) is 48.4 Å². The Morgan fingerprint density at radius 1 is 0.893 bits per heavy atom. The molecule has 1 rings (SSSR count). The van der Waals surface area contributed by atoms with Crippen LogP contribution >= 0.6 is 0 Å². The molecule has 2 unspecified atom stereocenters. The summed E-state index contributed by atoms with van der Waals surface area (Å²) in [5, 5.41) is 0. The zero-order valence-electron chi connectivity index (χ0n) is 17.8. The molecule has 0 radical (unpaired) electrons. The molecule has 1 aromatic carbocycles. The van der Waals surface area contributed by atoms with Crippen LogP contribution in [0.5, 0.6) is 5.75 Å². The third kappa shape index (κ3) is 8.59. The van der Waals surface area contributed by atoms with Crippen LogP contribution in [0.25, 0.3) is 6.08 Å². The van der Waals surface area contributed by atoms with Crippen molar-refractivity contribution in [1.29, 1.82) is 0 Å². The first-order valence-corrected chi connectivity index (χ1v) is 10.1. The SMILES string of the molecule is CCC(C)CCOC(=O)C(=Cc1ccc(OC)cc1)C(=O)OCCC(C)CC. The van der Waals surface area contributed by atoms with Crippen molar-refractivity contribution < 1.29 is 23.8 Å². The van der Waals surface area contributed by atoms with E-state index in [1.807, 2.05) is 0 Å². The summed E-state index contributed by atoms with van der Waals surface area (Å²) in [4.78, 5) is 25.0. The van der Waals surface area contributed by atoms with E-state index in [4.69, 9.17) is 14.2 Å². The highest BCUT2D eigenvalue weighted by atomic mass is 16.6. The molecule has 0 bridgehead atoms. The van der Waals surface area contributed by atoms with Gasteiger partial charge in [-0.25, -0.2) is 9.59 Å². The molecule has 0 heterocycles. The van der Waals surface area contributed by atoms with E-state index in [-0.39, 0.29) is 18.8 Å². The molecule has 0 aliphatic carbocycles. The normalized spacial score (nSPS) is 12.6. The molecule has 28 heavy (non-hydrogen) atoms. The van der Waals surface area contributed by atoms with E-state index in [0.717, 1.165) is 25.7 Å². The van der Waals surface area contributed by atoms with E-state index in [1.54, 1.807) is 31.4 Å². The van der Waals surface area contributed by atoms with Crippen molar-refractivity contribution in [2.75, 3.05) is 20.3 Å². The Bertz CT molecular complexity index is 603. The number of esters is 2. The van der Waals surface area contributed by atoms with E-state index in [2.05, 4.69) is 27.7 Å². The van der Waals surface area contributed by atoms with Gasteiger partial charge in [-0.15, -0.1) is 0 Å². The Hall–Kier alpha value is -2.30. The summed E-state index contributed by atoms with van der Waals surface area (Å²) >= 11 is 0. The van der Waals surface area contributed by atoms with Gasteiger partial charge in [0.05, 0.1) is 20.3 Å². The van der Waals surface area contributed by atoms with E-state index in [9.17, 15) is 9.59 Å². The topological polar surface area (TPSA) is 61.8 Å². The Kier molecular flexibility index (Phi) is 11.0. The first kappa shape index (κ1) is 23.7. The molecule has 0 aliphatic rings. The molecule has 0 amide bonds. The number of ether oxygens (including phenoxy) is 3. The Balaban J connectivity index is 2.86. The summed E-state index contributed by atoms with van der Waals surface area (Å²) in [6.45, 7) is 8.96. The van der Waals surface area contributed by atoms with Crippen LogP contribution in [0, 0.1) is 11.8 Å². The molecular formula is C23H34O5. The summed E-state index contributed by atoms with van der Waals surface area (Å²) in [7, 11) is 1.58. The minimum Gasteiger partial charge on any atom is -0.497 e. The maximum Gasteiger partial charge on any atom is 0.345 e. The second-order valence-corrected chi connectivity index (χ2v) is 7.21. The molecule has 5 heteroatoms. The van der Waals surface area contributed by atoms with Gasteiger partial charge in [-0.2, -0.15) is 0 Å². The molecule has 0 N–H and O–H groups in total. The van der Waals surface area contributed by atoms with Gasteiger partial charge in [0.2, 0.25) is 0 Å². The number of carbonyl (C=O) groups is 2. The minimum atomic E-state index is -0.646. The molecule has 0 aliphatic heterocycles. The van der Waals surface area contributed by atoms with Gasteiger partial charge in [0, 0.05) is 0 Å². The first-order valence-electron chi connectivity index (χ1n) is 10.1. The monoisotopic (exact) mass is 390 g/mol. The number of hydrogen-bond acceptors (Lipinski definition) is 5. The molecule has 2 atom stereocenters. The molecule has 0 aromatic heterocycles. The molecular weight excluding hydrogens is 356 g/mol. The van der Waals surface area contributed by atoms with Crippen molar-refractivity contribution in [1.82, 2.24) is 0 Å². The van der Waals surface area contributed by atoms with E-state index < -0.39 is 11.9 Å². The van der Waals surface area contributed by atoms with Gasteiger partial charge in [0.25, 0.3) is 0 Å². The second kappa shape index (κ2) is 13.0. The smallest absolute Gasteiger partial charge is 0.345 e. The lowest BCUT2D eigenvalue weighted by Crippen LogP contribution is -2.20. The maximum absolute atomic E-state index is 12.5. The van der Waals surface area contributed by atoms with E-state index >= 15 is 0 Å². The summed E-state index contributed by atoms with van der Waals surface area (Å²) in [5.74, 6) is 0.333. The molecule has 0 saturated heterocycles. The first-order chi connectivity index (χ1) is 13.4. The highest BCUT2D eigenvalue weighted by Crippen LogP contribution is 2.16. The van der Waals surface area contributed by atoms with E-state index in [0.29, 0.717) is 23.1 Å². The van der Waals surface area contributed by atoms with Crippen LogP contribution in [0.15, 0.2) is 29.8 Å². The van der Waals surface area contributed by atoms with Gasteiger partial charge in [-0.3, -0.25) is 0 Å². The highest BCUT2D eigenvalue weighted by Gasteiger charge is 2.22. The zero-order chi connectivity index (χ0) is 20.9. The maximum atomic E-state index is 12.5. The van der Waals surface area contributed by atoms with Gasteiger partial charge in [0.1, 0.15) is 11.3 Å². The van der Waals surface area contributed by atoms with Crippen molar-refractivity contribution in [2.24, 2.45) is 11.8 Å². The average Bonchev–Trinajstić information content (AvgIpc) is 2.71. The Labute approximate surface area is 169 Å². The van der Waals surface area contributed by atoms with E-state index in [1.165, 1.54) is 6.08 Å². The minimum absolute atomic E-state index is 0.0848. The highest BCUT2D eigenvalue weighted by molar-refractivity contribution is 6.17. The number of benzene rings is 1. The fourth-order valence-corrected chi connectivity index (χ4v) is 2.34. The summed E-state index contributed by atoms with van der Waals surface area (Å²) in [6, 6.07) is 7.09. The lowest BCUT2D eigenvalue weighted by molar-refractivity contribution is -0.147. The van der Waals surface area contributed by atoms with Crippen LogP contribution < -0.4 is 4.74 Å². The predicted octanol–water partition coefficient (Wildman–Crippen LogP) is 5.04. The van der Waals surface area contributed by atoms with Crippen LogP contribution in [0.4, 0.5) is 0 Å². The third-order valence-electron chi connectivity index (χ3n) is 4.95. The number of carbonyl (C=O) groups excluding carboxylic acids is 2. The van der Waals surface area contributed by atoms with Crippen LogP contribution in [0.3, 0.4) is 0 Å². The van der Waals surface area contributed by atoms with Crippen LogP contribution in [-0.4, -0.2) is 32.3 Å². The molecule has 0 spiro atoms. The summed E-state index contributed by atoms with van der Waals surface area (Å²) in [6.07, 6.45) is 5.08. The Morgan fingerprint density at radius 3 is 1.75 bits per heavy atom. The lowest BCUT2D eigenvalue weighted by Gasteiger charge is -2.12. The molecule has 156 valence electrons. The predicted molar refractivity (Wildman–Crippen MR) is 111 cm³/mol. The van der Waals surface area contributed by atoms with Crippen molar-refractivity contribution in [2.45, 2.75) is 53.4 Å². The van der Waals surface area contributed by atoms with Gasteiger partial charge < -0.3 is 14.2 Å². The molecule has 5 nitrogen and oxygen atoms in total. The van der Waals surface area contributed by atoms with Crippen LogP contribution in [0.1, 0.15) is 58.9 Å².